The lowest BCUT2D eigenvalue weighted by molar-refractivity contribution is 0.339. The van der Waals surface area contributed by atoms with Crippen molar-refractivity contribution in [3.8, 4) is 0 Å². The molecule has 0 aliphatic carbocycles. The molecule has 0 saturated carbocycles. The van der Waals surface area contributed by atoms with Gasteiger partial charge in [-0.2, -0.15) is 0 Å². The Bertz CT molecular complexity index is 176. The molecule has 0 bridgehead atoms. The number of hydrogen-bond donors (Lipinski definition) is 0. The van der Waals surface area contributed by atoms with Crippen molar-refractivity contribution in [1.29, 1.82) is 0 Å². The van der Waals surface area contributed by atoms with Crippen LogP contribution in [0.4, 0.5) is 4.39 Å². The van der Waals surface area contributed by atoms with E-state index in [-0.39, 0.29) is 12.2 Å². The summed E-state index contributed by atoms with van der Waals surface area (Å²) >= 11 is 0. The van der Waals surface area contributed by atoms with Gasteiger partial charge in [-0.05, 0) is 19.8 Å². The Hall–Kier alpha value is 0.170. The molecule has 0 spiro atoms. The van der Waals surface area contributed by atoms with Gasteiger partial charge >= 0.3 is 0 Å². The molecule has 0 aromatic heterocycles. The molecule has 62 valence electrons. The maximum atomic E-state index is 12.0. The Morgan fingerprint density at radius 3 is 2.40 bits per heavy atom. The van der Waals surface area contributed by atoms with Crippen LogP contribution < -0.4 is 0 Å². The Kier molecular flexibility index (Phi) is 4.20. The van der Waals surface area contributed by atoms with E-state index in [2.05, 4.69) is 0 Å². The fourth-order valence-corrected chi connectivity index (χ4v) is 1.38. The molecule has 0 saturated heterocycles. The topological polar surface area (TPSA) is 34.1 Å². The Morgan fingerprint density at radius 1 is 1.60 bits per heavy atom. The smallest absolute Gasteiger partial charge is 0.232 e. The molecule has 0 radical (unpaired) electrons. The van der Waals surface area contributed by atoms with E-state index in [4.69, 9.17) is 10.7 Å². The van der Waals surface area contributed by atoms with Gasteiger partial charge in [-0.1, -0.05) is 0 Å². The molecule has 0 fully saturated rings. The molecule has 0 amide bonds. The molecule has 0 aromatic rings. The zero-order valence-corrected chi connectivity index (χ0v) is 7.25. The number of hydrogen-bond acceptors (Lipinski definition) is 2. The summed E-state index contributed by atoms with van der Waals surface area (Å²) < 4.78 is 32.6. The zero-order valence-electron chi connectivity index (χ0n) is 5.68. The third-order valence-corrected chi connectivity index (χ3v) is 2.23. The number of rotatable bonds is 4. The van der Waals surface area contributed by atoms with Gasteiger partial charge in [0.1, 0.15) is 0 Å². The lowest BCUT2D eigenvalue weighted by atomic mass is 10.2. The van der Waals surface area contributed by atoms with Crippen molar-refractivity contribution in [3.63, 3.8) is 0 Å². The zero-order chi connectivity index (χ0) is 8.20. The van der Waals surface area contributed by atoms with E-state index in [1.807, 2.05) is 0 Å². The maximum Gasteiger partial charge on any atom is 0.232 e. The Balaban J connectivity index is 3.39. The van der Waals surface area contributed by atoms with Crippen LogP contribution in [0.1, 0.15) is 19.8 Å². The molecule has 1 unspecified atom stereocenters. The van der Waals surface area contributed by atoms with Crippen molar-refractivity contribution in [2.45, 2.75) is 25.9 Å². The SMILES string of the molecule is CC(F)CCCS(=O)(=O)Cl. The van der Waals surface area contributed by atoms with Crippen LogP contribution in [-0.4, -0.2) is 20.3 Å². The fourth-order valence-electron chi connectivity index (χ4n) is 0.537. The van der Waals surface area contributed by atoms with Crippen molar-refractivity contribution in [2.24, 2.45) is 0 Å². The first-order chi connectivity index (χ1) is 4.42. The first-order valence-corrected chi connectivity index (χ1v) is 5.46. The van der Waals surface area contributed by atoms with Crippen LogP contribution in [-0.2, 0) is 9.05 Å². The Labute approximate surface area is 64.8 Å². The molecule has 0 aromatic carbocycles. The molecular weight excluding hydrogens is 179 g/mol. The molecule has 5 heteroatoms. The van der Waals surface area contributed by atoms with Gasteiger partial charge in [0.25, 0.3) is 0 Å². The molecule has 2 nitrogen and oxygen atoms in total. The van der Waals surface area contributed by atoms with Gasteiger partial charge in [0.2, 0.25) is 9.05 Å². The van der Waals surface area contributed by atoms with Gasteiger partial charge < -0.3 is 0 Å². The second kappa shape index (κ2) is 4.13. The van der Waals surface area contributed by atoms with Crippen LogP contribution in [0.25, 0.3) is 0 Å². The maximum absolute atomic E-state index is 12.0. The molecule has 0 rings (SSSR count). The minimum absolute atomic E-state index is 0.136. The summed E-state index contributed by atoms with van der Waals surface area (Å²) in [7, 11) is 1.45. The van der Waals surface area contributed by atoms with Crippen LogP contribution >= 0.6 is 10.7 Å². The first-order valence-electron chi connectivity index (χ1n) is 2.98. The normalized spacial score (nSPS) is 15.1. The standard InChI is InChI=1S/C5H10ClFO2S/c1-5(7)3-2-4-10(6,8)9/h5H,2-4H2,1H3. The summed E-state index contributed by atoms with van der Waals surface area (Å²) in [5, 5.41) is 0. The molecule has 0 aliphatic rings. The van der Waals surface area contributed by atoms with E-state index in [1.54, 1.807) is 0 Å². The van der Waals surface area contributed by atoms with E-state index in [1.165, 1.54) is 6.92 Å². The Morgan fingerprint density at radius 2 is 2.10 bits per heavy atom. The highest BCUT2D eigenvalue weighted by Gasteiger charge is 2.05. The number of halogens is 2. The summed E-state index contributed by atoms with van der Waals surface area (Å²) in [5.41, 5.74) is 0. The average molecular weight is 189 g/mol. The first kappa shape index (κ1) is 10.2. The van der Waals surface area contributed by atoms with Gasteiger partial charge in [0, 0.05) is 10.7 Å². The van der Waals surface area contributed by atoms with Crippen LogP contribution in [0.3, 0.4) is 0 Å². The van der Waals surface area contributed by atoms with Gasteiger partial charge in [0.15, 0.2) is 0 Å². The van der Waals surface area contributed by atoms with Crippen molar-refractivity contribution in [3.05, 3.63) is 0 Å². The largest absolute Gasteiger partial charge is 0.248 e. The fraction of sp³-hybridized carbons (Fsp3) is 1.00. The van der Waals surface area contributed by atoms with E-state index in [9.17, 15) is 12.8 Å². The predicted octanol–water partition coefficient (Wildman–Crippen LogP) is 1.69. The van der Waals surface area contributed by atoms with E-state index >= 15 is 0 Å². The molecule has 10 heavy (non-hydrogen) atoms. The lowest BCUT2D eigenvalue weighted by Crippen LogP contribution is -2.00. The second-order valence-corrected chi connectivity index (χ2v) is 5.06. The van der Waals surface area contributed by atoms with Crippen LogP contribution in [0.15, 0.2) is 0 Å². The summed E-state index contributed by atoms with van der Waals surface area (Å²) in [5.74, 6) is -0.136. The summed E-state index contributed by atoms with van der Waals surface area (Å²) in [6.07, 6.45) is -0.395. The monoisotopic (exact) mass is 188 g/mol. The quantitative estimate of drug-likeness (QED) is 0.630. The predicted molar refractivity (Wildman–Crippen MR) is 39.4 cm³/mol. The van der Waals surface area contributed by atoms with Crippen LogP contribution in [0.5, 0.6) is 0 Å². The van der Waals surface area contributed by atoms with Gasteiger partial charge in [-0.3, -0.25) is 0 Å². The highest BCUT2D eigenvalue weighted by atomic mass is 35.7. The van der Waals surface area contributed by atoms with E-state index in [0.717, 1.165) is 0 Å². The van der Waals surface area contributed by atoms with Gasteiger partial charge in [-0.15, -0.1) is 0 Å². The van der Waals surface area contributed by atoms with Gasteiger partial charge in [0.05, 0.1) is 11.9 Å². The third kappa shape index (κ3) is 8.17. The number of alkyl halides is 1. The summed E-state index contributed by atoms with van der Waals surface area (Å²) in [4.78, 5) is 0. The minimum atomic E-state index is -3.41. The lowest BCUT2D eigenvalue weighted by Gasteiger charge is -1.97. The third-order valence-electron chi connectivity index (χ3n) is 0.990. The second-order valence-electron chi connectivity index (χ2n) is 2.17. The van der Waals surface area contributed by atoms with Crippen molar-refractivity contribution in [2.75, 3.05) is 5.75 Å². The molecule has 0 aliphatic heterocycles. The molecule has 0 N–H and O–H groups in total. The highest BCUT2D eigenvalue weighted by Crippen LogP contribution is 2.05. The van der Waals surface area contributed by atoms with Crippen molar-refractivity contribution in [1.82, 2.24) is 0 Å². The summed E-state index contributed by atoms with van der Waals surface area (Å²) in [6, 6.07) is 0. The van der Waals surface area contributed by atoms with Crippen molar-refractivity contribution >= 4 is 19.7 Å². The van der Waals surface area contributed by atoms with E-state index < -0.39 is 15.2 Å². The van der Waals surface area contributed by atoms with Crippen LogP contribution in [0, 0.1) is 0 Å². The van der Waals surface area contributed by atoms with Crippen LogP contribution in [0.2, 0.25) is 0 Å². The van der Waals surface area contributed by atoms with Gasteiger partial charge in [-0.25, -0.2) is 12.8 Å². The molecule has 1 atom stereocenters. The molecule has 0 heterocycles. The molecular formula is C5H10ClFO2S. The van der Waals surface area contributed by atoms with E-state index in [0.29, 0.717) is 6.42 Å². The average Bonchev–Trinajstić information content (AvgIpc) is 1.59. The summed E-state index contributed by atoms with van der Waals surface area (Å²) in [6.45, 7) is 1.39. The minimum Gasteiger partial charge on any atom is -0.248 e. The van der Waals surface area contributed by atoms with Crippen molar-refractivity contribution < 1.29 is 12.8 Å². The highest BCUT2D eigenvalue weighted by molar-refractivity contribution is 8.13.